The number of hydrogen-bond acceptors (Lipinski definition) is 0. The second kappa shape index (κ2) is 6.65. The second-order valence-electron chi connectivity index (χ2n) is 5.06. The number of hydrogen-bond donors (Lipinski definition) is 0. The molecule has 0 amide bonds. The van der Waals surface area contributed by atoms with Crippen molar-refractivity contribution in [2.24, 2.45) is 0 Å². The van der Waals surface area contributed by atoms with Crippen LogP contribution >= 0.6 is 15.9 Å². The van der Waals surface area contributed by atoms with E-state index in [-0.39, 0.29) is 4.83 Å². The molecular formula is C17H16BrF3. The van der Waals surface area contributed by atoms with Crippen molar-refractivity contribution in [1.82, 2.24) is 0 Å². The van der Waals surface area contributed by atoms with Gasteiger partial charge in [-0.05, 0) is 48.6 Å². The fourth-order valence-electron chi connectivity index (χ4n) is 2.26. The summed E-state index contributed by atoms with van der Waals surface area (Å²) in [6, 6.07) is 14.0. The summed E-state index contributed by atoms with van der Waals surface area (Å²) in [6.45, 7) is 1.73. The quantitative estimate of drug-likeness (QED) is 0.582. The van der Waals surface area contributed by atoms with Crippen LogP contribution in [0.2, 0.25) is 0 Å². The van der Waals surface area contributed by atoms with Gasteiger partial charge >= 0.3 is 6.18 Å². The van der Waals surface area contributed by atoms with Crippen LogP contribution < -0.4 is 0 Å². The molecule has 2 aromatic rings. The van der Waals surface area contributed by atoms with Crippen molar-refractivity contribution >= 4 is 15.9 Å². The van der Waals surface area contributed by atoms with Crippen LogP contribution in [0.25, 0.3) is 0 Å². The minimum absolute atomic E-state index is 0.209. The van der Waals surface area contributed by atoms with Crippen LogP contribution in [0.3, 0.4) is 0 Å². The van der Waals surface area contributed by atoms with Crippen LogP contribution in [0, 0.1) is 6.92 Å². The van der Waals surface area contributed by atoms with E-state index in [0.717, 1.165) is 24.5 Å². The van der Waals surface area contributed by atoms with Crippen LogP contribution in [-0.2, 0) is 12.6 Å². The summed E-state index contributed by atoms with van der Waals surface area (Å²) in [4.78, 5) is 0.209. The van der Waals surface area contributed by atoms with E-state index in [0.29, 0.717) is 5.56 Å². The smallest absolute Gasteiger partial charge is 0.166 e. The molecule has 2 rings (SSSR count). The van der Waals surface area contributed by atoms with Gasteiger partial charge in [0.25, 0.3) is 0 Å². The van der Waals surface area contributed by atoms with E-state index in [4.69, 9.17) is 0 Å². The van der Waals surface area contributed by atoms with E-state index < -0.39 is 11.7 Å². The summed E-state index contributed by atoms with van der Waals surface area (Å²) in [7, 11) is 0. The van der Waals surface area contributed by atoms with E-state index in [2.05, 4.69) is 15.9 Å². The fraction of sp³-hybridized carbons (Fsp3) is 0.294. The zero-order valence-corrected chi connectivity index (χ0v) is 13.2. The summed E-state index contributed by atoms with van der Waals surface area (Å²) in [5, 5.41) is 0. The first kappa shape index (κ1) is 16.1. The monoisotopic (exact) mass is 356 g/mol. The molecule has 0 spiro atoms. The molecule has 0 radical (unpaired) electrons. The first-order valence-corrected chi connectivity index (χ1v) is 7.65. The van der Waals surface area contributed by atoms with E-state index in [9.17, 15) is 13.2 Å². The van der Waals surface area contributed by atoms with Gasteiger partial charge in [0.1, 0.15) is 0 Å². The van der Waals surface area contributed by atoms with Gasteiger partial charge in [-0.25, -0.2) is 0 Å². The predicted molar refractivity (Wildman–Crippen MR) is 82.6 cm³/mol. The lowest BCUT2D eigenvalue weighted by atomic mass is 9.98. The Hall–Kier alpha value is -1.29. The van der Waals surface area contributed by atoms with Crippen molar-refractivity contribution in [2.75, 3.05) is 0 Å². The van der Waals surface area contributed by atoms with E-state index >= 15 is 0 Å². The van der Waals surface area contributed by atoms with Crippen molar-refractivity contribution in [2.45, 2.75) is 30.8 Å². The van der Waals surface area contributed by atoms with Gasteiger partial charge in [0.2, 0.25) is 0 Å². The Labute approximate surface area is 131 Å². The molecule has 1 atom stereocenters. The molecule has 4 heteroatoms. The average Bonchev–Trinajstić information content (AvgIpc) is 2.45. The molecule has 0 aromatic heterocycles. The Kier molecular flexibility index (Phi) is 5.09. The minimum Gasteiger partial charge on any atom is -0.166 e. The molecule has 1 unspecified atom stereocenters. The van der Waals surface area contributed by atoms with Crippen LogP contribution in [0.5, 0.6) is 0 Å². The SMILES string of the molecule is Cc1cc(C(F)(F)F)ccc1CCC(Br)c1ccccc1. The zero-order chi connectivity index (χ0) is 15.5. The van der Waals surface area contributed by atoms with Gasteiger partial charge in [0.05, 0.1) is 5.56 Å². The van der Waals surface area contributed by atoms with E-state index in [1.165, 1.54) is 11.6 Å². The van der Waals surface area contributed by atoms with Crippen LogP contribution in [0.1, 0.15) is 33.5 Å². The highest BCUT2D eigenvalue weighted by Crippen LogP contribution is 2.32. The van der Waals surface area contributed by atoms with Gasteiger partial charge in [-0.1, -0.05) is 52.3 Å². The maximum Gasteiger partial charge on any atom is 0.416 e. The molecule has 0 saturated heterocycles. The molecule has 0 heterocycles. The average molecular weight is 357 g/mol. The maximum absolute atomic E-state index is 12.6. The first-order chi connectivity index (χ1) is 9.88. The molecule has 0 bridgehead atoms. The minimum atomic E-state index is -4.27. The van der Waals surface area contributed by atoms with Crippen LogP contribution in [0.4, 0.5) is 13.2 Å². The highest BCUT2D eigenvalue weighted by Gasteiger charge is 2.30. The number of benzene rings is 2. The van der Waals surface area contributed by atoms with Gasteiger partial charge in [-0.2, -0.15) is 13.2 Å². The van der Waals surface area contributed by atoms with Gasteiger partial charge in [0.15, 0.2) is 0 Å². The van der Waals surface area contributed by atoms with Gasteiger partial charge in [-0.3, -0.25) is 0 Å². The van der Waals surface area contributed by atoms with Crippen molar-refractivity contribution in [1.29, 1.82) is 0 Å². The highest BCUT2D eigenvalue weighted by molar-refractivity contribution is 9.09. The molecule has 2 aromatic carbocycles. The molecule has 0 nitrogen and oxygen atoms in total. The molecule has 0 aliphatic rings. The summed E-state index contributed by atoms with van der Waals surface area (Å²) in [5.74, 6) is 0. The third-order valence-electron chi connectivity index (χ3n) is 3.50. The van der Waals surface area contributed by atoms with Gasteiger partial charge in [0, 0.05) is 4.83 Å². The Morgan fingerprint density at radius 3 is 2.29 bits per heavy atom. The first-order valence-electron chi connectivity index (χ1n) is 6.73. The number of rotatable bonds is 4. The van der Waals surface area contributed by atoms with Gasteiger partial charge in [-0.15, -0.1) is 0 Å². The highest BCUT2D eigenvalue weighted by atomic mass is 79.9. The standard InChI is InChI=1S/C17H16BrF3/c1-12-11-15(17(19,20)21)9-7-13(12)8-10-16(18)14-5-3-2-4-6-14/h2-7,9,11,16H,8,10H2,1H3. The second-order valence-corrected chi connectivity index (χ2v) is 6.16. The number of aryl methyl sites for hydroxylation is 2. The fourth-order valence-corrected chi connectivity index (χ4v) is 2.80. The molecular weight excluding hydrogens is 341 g/mol. The summed E-state index contributed by atoms with van der Waals surface area (Å²) in [5.41, 5.74) is 2.25. The molecule has 0 saturated carbocycles. The summed E-state index contributed by atoms with van der Waals surface area (Å²) < 4.78 is 37.9. The van der Waals surface area contributed by atoms with E-state index in [1.54, 1.807) is 13.0 Å². The van der Waals surface area contributed by atoms with Crippen molar-refractivity contribution in [3.05, 3.63) is 70.8 Å². The third-order valence-corrected chi connectivity index (χ3v) is 4.48. The van der Waals surface area contributed by atoms with E-state index in [1.807, 2.05) is 30.3 Å². The molecule has 0 fully saturated rings. The predicted octanol–water partition coefficient (Wildman–Crippen LogP) is 6.08. The third kappa shape index (κ3) is 4.34. The van der Waals surface area contributed by atoms with Crippen molar-refractivity contribution in [3.63, 3.8) is 0 Å². The lowest BCUT2D eigenvalue weighted by Gasteiger charge is -2.13. The van der Waals surface area contributed by atoms with Gasteiger partial charge < -0.3 is 0 Å². The number of halogens is 4. The molecule has 21 heavy (non-hydrogen) atoms. The molecule has 0 aliphatic carbocycles. The Balaban J connectivity index is 2.04. The Morgan fingerprint density at radius 2 is 1.71 bits per heavy atom. The lowest BCUT2D eigenvalue weighted by Crippen LogP contribution is -2.06. The molecule has 112 valence electrons. The maximum atomic E-state index is 12.6. The summed E-state index contributed by atoms with van der Waals surface area (Å²) >= 11 is 3.63. The Morgan fingerprint density at radius 1 is 1.05 bits per heavy atom. The van der Waals surface area contributed by atoms with Crippen molar-refractivity contribution in [3.8, 4) is 0 Å². The molecule has 0 N–H and O–H groups in total. The largest absolute Gasteiger partial charge is 0.416 e. The summed E-state index contributed by atoms with van der Waals surface area (Å²) in [6.07, 6.45) is -2.68. The Bertz CT molecular complexity index is 591. The van der Waals surface area contributed by atoms with Crippen LogP contribution in [-0.4, -0.2) is 0 Å². The number of alkyl halides is 4. The normalized spacial score (nSPS) is 13.2. The lowest BCUT2D eigenvalue weighted by molar-refractivity contribution is -0.137. The van der Waals surface area contributed by atoms with Crippen LogP contribution in [0.15, 0.2) is 48.5 Å². The van der Waals surface area contributed by atoms with Crippen molar-refractivity contribution < 1.29 is 13.2 Å². The zero-order valence-electron chi connectivity index (χ0n) is 11.6. The molecule has 0 aliphatic heterocycles. The topological polar surface area (TPSA) is 0 Å².